The van der Waals surface area contributed by atoms with E-state index in [1.165, 1.54) is 0 Å². The Labute approximate surface area is 120 Å². The van der Waals surface area contributed by atoms with E-state index in [9.17, 15) is 4.79 Å². The van der Waals surface area contributed by atoms with Gasteiger partial charge < -0.3 is 16.4 Å². The number of rotatable bonds is 4. The van der Waals surface area contributed by atoms with E-state index in [2.05, 4.69) is 23.8 Å². The summed E-state index contributed by atoms with van der Waals surface area (Å²) in [5.74, 6) is 0.623. The minimum absolute atomic E-state index is 0.101. The second-order valence-electron chi connectivity index (χ2n) is 5.72. The van der Waals surface area contributed by atoms with Crippen molar-refractivity contribution in [2.45, 2.75) is 52.6 Å². The molecular weight excluding hydrogens is 254 g/mol. The standard InChI is InChI=1S/C14H25N5O/c1-4-7-19-14(12(15)10(3)17-19)18-8-11(13(16)20)6-5-9(18)2/h9,11H,4-8,15H2,1-3H3,(H2,16,20). The van der Waals surface area contributed by atoms with Crippen molar-refractivity contribution in [3.63, 3.8) is 0 Å². The van der Waals surface area contributed by atoms with Gasteiger partial charge in [-0.25, -0.2) is 4.68 Å². The van der Waals surface area contributed by atoms with Crippen LogP contribution in [0, 0.1) is 12.8 Å². The van der Waals surface area contributed by atoms with E-state index >= 15 is 0 Å². The molecule has 6 heteroatoms. The largest absolute Gasteiger partial charge is 0.394 e. The third kappa shape index (κ3) is 2.59. The summed E-state index contributed by atoms with van der Waals surface area (Å²) in [6.45, 7) is 7.66. The smallest absolute Gasteiger partial charge is 0.222 e. The number of amides is 1. The first-order valence-electron chi connectivity index (χ1n) is 7.34. The van der Waals surface area contributed by atoms with Crippen molar-refractivity contribution in [1.82, 2.24) is 9.78 Å². The van der Waals surface area contributed by atoms with Crippen LogP contribution in [0.4, 0.5) is 11.5 Å². The summed E-state index contributed by atoms with van der Waals surface area (Å²) in [6, 6.07) is 0.347. The molecule has 0 aromatic carbocycles. The predicted molar refractivity (Wildman–Crippen MR) is 80.4 cm³/mol. The average Bonchev–Trinajstić information content (AvgIpc) is 2.66. The molecule has 4 N–H and O–H groups in total. The second kappa shape index (κ2) is 5.73. The first-order chi connectivity index (χ1) is 9.45. The van der Waals surface area contributed by atoms with Crippen LogP contribution in [0.3, 0.4) is 0 Å². The third-order valence-corrected chi connectivity index (χ3v) is 4.14. The molecule has 2 heterocycles. The van der Waals surface area contributed by atoms with Gasteiger partial charge >= 0.3 is 0 Å². The molecule has 0 radical (unpaired) electrons. The highest BCUT2D eigenvalue weighted by atomic mass is 16.1. The lowest BCUT2D eigenvalue weighted by molar-refractivity contribution is -0.122. The van der Waals surface area contributed by atoms with Crippen molar-refractivity contribution < 1.29 is 4.79 Å². The van der Waals surface area contributed by atoms with Gasteiger partial charge in [-0.05, 0) is 33.1 Å². The van der Waals surface area contributed by atoms with Crippen LogP contribution in [0.5, 0.6) is 0 Å². The molecular formula is C14H25N5O. The third-order valence-electron chi connectivity index (χ3n) is 4.14. The molecule has 1 aromatic rings. The minimum Gasteiger partial charge on any atom is -0.394 e. The zero-order valence-electron chi connectivity index (χ0n) is 12.6. The molecule has 0 saturated carbocycles. The van der Waals surface area contributed by atoms with Crippen molar-refractivity contribution in [3.05, 3.63) is 5.69 Å². The summed E-state index contributed by atoms with van der Waals surface area (Å²) < 4.78 is 1.96. The van der Waals surface area contributed by atoms with Gasteiger partial charge in [0.25, 0.3) is 0 Å². The maximum atomic E-state index is 11.5. The number of aryl methyl sites for hydroxylation is 2. The summed E-state index contributed by atoms with van der Waals surface area (Å²) >= 11 is 0. The van der Waals surface area contributed by atoms with E-state index in [0.29, 0.717) is 12.6 Å². The highest BCUT2D eigenvalue weighted by molar-refractivity contribution is 5.78. The molecule has 1 saturated heterocycles. The zero-order valence-corrected chi connectivity index (χ0v) is 12.6. The maximum Gasteiger partial charge on any atom is 0.222 e. The Morgan fingerprint density at radius 2 is 2.15 bits per heavy atom. The highest BCUT2D eigenvalue weighted by Gasteiger charge is 2.32. The van der Waals surface area contributed by atoms with Crippen molar-refractivity contribution in [3.8, 4) is 0 Å². The molecule has 1 aliphatic rings. The molecule has 0 aliphatic carbocycles. The molecule has 2 unspecified atom stereocenters. The summed E-state index contributed by atoms with van der Waals surface area (Å²) in [5.41, 5.74) is 13.2. The first kappa shape index (κ1) is 14.7. The normalized spacial score (nSPS) is 23.1. The molecule has 1 amide bonds. The van der Waals surface area contributed by atoms with E-state index in [1.54, 1.807) is 0 Å². The van der Waals surface area contributed by atoms with Crippen LogP contribution in [0.1, 0.15) is 38.8 Å². The minimum atomic E-state index is -0.223. The number of primary amides is 1. The van der Waals surface area contributed by atoms with Crippen molar-refractivity contribution >= 4 is 17.4 Å². The van der Waals surface area contributed by atoms with Crippen LogP contribution in [0.2, 0.25) is 0 Å². The van der Waals surface area contributed by atoms with Gasteiger partial charge in [0.05, 0.1) is 17.3 Å². The quantitative estimate of drug-likeness (QED) is 0.868. The maximum absolute atomic E-state index is 11.5. The lowest BCUT2D eigenvalue weighted by Crippen LogP contribution is -2.47. The second-order valence-corrected chi connectivity index (χ2v) is 5.72. The van der Waals surface area contributed by atoms with Crippen LogP contribution >= 0.6 is 0 Å². The Morgan fingerprint density at radius 1 is 1.45 bits per heavy atom. The van der Waals surface area contributed by atoms with E-state index in [4.69, 9.17) is 11.5 Å². The number of carbonyl (C=O) groups excluding carboxylic acids is 1. The molecule has 20 heavy (non-hydrogen) atoms. The number of hydrogen-bond donors (Lipinski definition) is 2. The average molecular weight is 279 g/mol. The number of carbonyl (C=O) groups is 1. The fourth-order valence-electron chi connectivity index (χ4n) is 2.89. The van der Waals surface area contributed by atoms with E-state index < -0.39 is 0 Å². The van der Waals surface area contributed by atoms with Crippen molar-refractivity contribution in [2.75, 3.05) is 17.2 Å². The number of nitrogens with two attached hydrogens (primary N) is 2. The Bertz CT molecular complexity index is 496. The van der Waals surface area contributed by atoms with Gasteiger partial charge in [-0.15, -0.1) is 0 Å². The summed E-state index contributed by atoms with van der Waals surface area (Å²) in [7, 11) is 0. The van der Waals surface area contributed by atoms with E-state index in [0.717, 1.165) is 43.0 Å². The van der Waals surface area contributed by atoms with Gasteiger partial charge in [0, 0.05) is 19.1 Å². The molecule has 2 rings (SSSR count). The summed E-state index contributed by atoms with van der Waals surface area (Å²) in [4.78, 5) is 13.7. The molecule has 1 fully saturated rings. The summed E-state index contributed by atoms with van der Waals surface area (Å²) in [6.07, 6.45) is 2.80. The van der Waals surface area contributed by atoms with Gasteiger partial charge in [-0.2, -0.15) is 5.10 Å². The Balaban J connectivity index is 2.35. The number of nitrogen functional groups attached to an aromatic ring is 1. The van der Waals surface area contributed by atoms with Gasteiger partial charge in [0.2, 0.25) is 5.91 Å². The molecule has 112 valence electrons. The lowest BCUT2D eigenvalue weighted by atomic mass is 9.93. The number of nitrogens with zero attached hydrogens (tertiary/aromatic N) is 3. The molecule has 2 atom stereocenters. The lowest BCUT2D eigenvalue weighted by Gasteiger charge is -2.38. The molecule has 0 spiro atoms. The number of aromatic nitrogens is 2. The number of anilines is 2. The van der Waals surface area contributed by atoms with Crippen LogP contribution in [0.15, 0.2) is 0 Å². The number of hydrogen-bond acceptors (Lipinski definition) is 4. The number of piperidine rings is 1. The molecule has 0 bridgehead atoms. The van der Waals surface area contributed by atoms with Crippen LogP contribution in [-0.2, 0) is 11.3 Å². The highest BCUT2D eigenvalue weighted by Crippen LogP contribution is 2.33. The molecule has 1 aliphatic heterocycles. The molecule has 1 aromatic heterocycles. The van der Waals surface area contributed by atoms with Crippen molar-refractivity contribution in [2.24, 2.45) is 11.7 Å². The summed E-state index contributed by atoms with van der Waals surface area (Å²) in [5, 5.41) is 4.51. The van der Waals surface area contributed by atoms with Gasteiger partial charge in [-0.1, -0.05) is 6.92 Å². The van der Waals surface area contributed by atoms with Crippen LogP contribution in [0.25, 0.3) is 0 Å². The van der Waals surface area contributed by atoms with Crippen molar-refractivity contribution in [1.29, 1.82) is 0 Å². The van der Waals surface area contributed by atoms with Crippen LogP contribution in [-0.4, -0.2) is 28.3 Å². The Morgan fingerprint density at radius 3 is 2.75 bits per heavy atom. The Hall–Kier alpha value is -1.72. The van der Waals surface area contributed by atoms with Gasteiger partial charge in [0.1, 0.15) is 0 Å². The fourth-order valence-corrected chi connectivity index (χ4v) is 2.89. The SMILES string of the molecule is CCCn1nc(C)c(N)c1N1CC(C(N)=O)CCC1C. The monoisotopic (exact) mass is 279 g/mol. The van der Waals surface area contributed by atoms with Gasteiger partial charge in [-0.3, -0.25) is 4.79 Å². The fraction of sp³-hybridized carbons (Fsp3) is 0.714. The first-order valence-corrected chi connectivity index (χ1v) is 7.34. The van der Waals surface area contributed by atoms with E-state index in [1.807, 2.05) is 11.6 Å². The van der Waals surface area contributed by atoms with Crippen LogP contribution < -0.4 is 16.4 Å². The Kier molecular flexibility index (Phi) is 4.20. The zero-order chi connectivity index (χ0) is 14.9. The van der Waals surface area contributed by atoms with Gasteiger partial charge in [0.15, 0.2) is 5.82 Å². The molecule has 6 nitrogen and oxygen atoms in total. The predicted octanol–water partition coefficient (Wildman–Crippen LogP) is 1.27. The topological polar surface area (TPSA) is 90.2 Å². The van der Waals surface area contributed by atoms with E-state index in [-0.39, 0.29) is 11.8 Å².